The number of ether oxygens (including phenoxy) is 1. The molecule has 2 N–H and O–H groups in total. The van der Waals surface area contributed by atoms with Crippen molar-refractivity contribution in [3.05, 3.63) is 83.2 Å². The summed E-state index contributed by atoms with van der Waals surface area (Å²) in [6.45, 7) is 4.22. The summed E-state index contributed by atoms with van der Waals surface area (Å²) in [5.74, 6) is 0.124. The van der Waals surface area contributed by atoms with Crippen LogP contribution in [0.25, 0.3) is 11.3 Å². The molecule has 0 bridgehead atoms. The van der Waals surface area contributed by atoms with Crippen molar-refractivity contribution in [1.29, 1.82) is 0 Å². The summed E-state index contributed by atoms with van der Waals surface area (Å²) in [6.07, 6.45) is 6.10. The zero-order valence-electron chi connectivity index (χ0n) is 20.0. The molecule has 0 amide bonds. The van der Waals surface area contributed by atoms with Crippen LogP contribution in [0.2, 0.25) is 5.02 Å². The van der Waals surface area contributed by atoms with Gasteiger partial charge in [0.05, 0.1) is 65.3 Å². The van der Waals surface area contributed by atoms with E-state index in [9.17, 15) is 4.39 Å². The molecule has 0 aliphatic carbocycles. The van der Waals surface area contributed by atoms with E-state index in [1.807, 2.05) is 54.3 Å². The first-order valence-electron chi connectivity index (χ1n) is 11.7. The molecule has 188 valence electrons. The third kappa shape index (κ3) is 5.82. The lowest BCUT2D eigenvalue weighted by Crippen LogP contribution is -2.37. The highest BCUT2D eigenvalue weighted by Gasteiger charge is 2.20. The fraction of sp³-hybridized carbons (Fsp3) is 0.192. The Labute approximate surface area is 218 Å². The molecule has 0 radical (unpaired) electrons. The molecule has 4 aromatic rings. The third-order valence-corrected chi connectivity index (χ3v) is 6.15. The van der Waals surface area contributed by atoms with Crippen LogP contribution in [-0.2, 0) is 4.74 Å². The standard InChI is InChI=1S/C26H24ClFN8O/c1-17-25(36-9-11-37-12-10-36)22(28)16-30-26(17)35-32-15-19-5-6-20(14-29-19)33-24-7-4-18(13-21(24)27)23-3-2-8-31-34-23/h2-8,13-16,33H,9-12H2,1H3,(H,30,35)/b32-15+. The van der Waals surface area contributed by atoms with E-state index in [1.165, 1.54) is 6.20 Å². The van der Waals surface area contributed by atoms with Crippen molar-refractivity contribution < 1.29 is 9.13 Å². The smallest absolute Gasteiger partial charge is 0.165 e. The minimum Gasteiger partial charge on any atom is -0.378 e. The number of hydrogen-bond acceptors (Lipinski definition) is 9. The Morgan fingerprint density at radius 2 is 1.97 bits per heavy atom. The average molecular weight is 519 g/mol. The highest BCUT2D eigenvalue weighted by molar-refractivity contribution is 6.33. The van der Waals surface area contributed by atoms with Crippen LogP contribution < -0.4 is 15.6 Å². The Morgan fingerprint density at radius 3 is 2.70 bits per heavy atom. The van der Waals surface area contributed by atoms with Crippen LogP contribution in [0.15, 0.2) is 66.2 Å². The highest BCUT2D eigenvalue weighted by atomic mass is 35.5. The number of hydrazone groups is 1. The molecule has 11 heteroatoms. The maximum atomic E-state index is 14.5. The molecule has 3 aromatic heterocycles. The Bertz CT molecular complexity index is 1400. The molecule has 0 atom stereocenters. The number of halogens is 2. The summed E-state index contributed by atoms with van der Waals surface area (Å²) in [5.41, 5.74) is 7.88. The molecular weight excluding hydrogens is 495 g/mol. The van der Waals surface area contributed by atoms with Crippen LogP contribution >= 0.6 is 11.6 Å². The summed E-state index contributed by atoms with van der Waals surface area (Å²) < 4.78 is 19.9. The SMILES string of the molecule is Cc1c(N/N=C/c2ccc(Nc3ccc(-c4cccnn4)cc3Cl)cn2)ncc(F)c1N1CCOCC1. The Balaban J connectivity index is 1.23. The van der Waals surface area contributed by atoms with Crippen molar-refractivity contribution >= 4 is 40.7 Å². The van der Waals surface area contributed by atoms with Gasteiger partial charge in [0.1, 0.15) is 0 Å². The molecule has 0 saturated carbocycles. The second-order valence-corrected chi connectivity index (χ2v) is 8.71. The molecule has 1 fully saturated rings. The number of nitrogens with zero attached hydrogens (tertiary/aromatic N) is 6. The summed E-state index contributed by atoms with van der Waals surface area (Å²) in [7, 11) is 0. The number of pyridine rings is 2. The van der Waals surface area contributed by atoms with E-state index in [0.29, 0.717) is 54.1 Å². The zero-order valence-corrected chi connectivity index (χ0v) is 20.8. The third-order valence-electron chi connectivity index (χ3n) is 5.84. The lowest BCUT2D eigenvalue weighted by atomic mass is 10.1. The van der Waals surface area contributed by atoms with Gasteiger partial charge >= 0.3 is 0 Å². The normalized spacial score (nSPS) is 13.6. The van der Waals surface area contributed by atoms with Crippen LogP contribution in [0.3, 0.4) is 0 Å². The average Bonchev–Trinajstić information content (AvgIpc) is 2.93. The van der Waals surface area contributed by atoms with Crippen molar-refractivity contribution in [1.82, 2.24) is 20.2 Å². The molecule has 0 spiro atoms. The number of aromatic nitrogens is 4. The molecule has 1 aliphatic heterocycles. The van der Waals surface area contributed by atoms with E-state index >= 15 is 0 Å². The number of nitrogens with one attached hydrogen (secondary N) is 2. The van der Waals surface area contributed by atoms with Crippen LogP contribution in [0.5, 0.6) is 0 Å². The molecule has 1 aromatic carbocycles. The van der Waals surface area contributed by atoms with Crippen molar-refractivity contribution in [2.45, 2.75) is 6.92 Å². The maximum Gasteiger partial charge on any atom is 0.165 e. The topological polar surface area (TPSA) is 100 Å². The Kier molecular flexibility index (Phi) is 7.48. The second kappa shape index (κ2) is 11.3. The van der Waals surface area contributed by atoms with E-state index in [0.717, 1.165) is 22.6 Å². The summed E-state index contributed by atoms with van der Waals surface area (Å²) in [4.78, 5) is 10.5. The van der Waals surface area contributed by atoms with Gasteiger partial charge in [-0.05, 0) is 43.3 Å². The minimum absolute atomic E-state index is 0.359. The zero-order chi connectivity index (χ0) is 25.6. The quantitative estimate of drug-likeness (QED) is 0.258. The molecule has 37 heavy (non-hydrogen) atoms. The minimum atomic E-state index is -0.359. The first-order valence-corrected chi connectivity index (χ1v) is 12.0. The summed E-state index contributed by atoms with van der Waals surface area (Å²) in [5, 5.41) is 16.1. The molecule has 4 heterocycles. The van der Waals surface area contributed by atoms with Gasteiger partial charge in [-0.15, -0.1) is 0 Å². The first kappa shape index (κ1) is 24.5. The monoisotopic (exact) mass is 518 g/mol. The van der Waals surface area contributed by atoms with Gasteiger partial charge in [-0.25, -0.2) is 9.37 Å². The van der Waals surface area contributed by atoms with E-state index in [4.69, 9.17) is 16.3 Å². The molecular formula is C26H24ClFN8O. The van der Waals surface area contributed by atoms with Gasteiger partial charge in [0, 0.05) is 30.4 Å². The molecule has 1 saturated heterocycles. The lowest BCUT2D eigenvalue weighted by Gasteiger charge is -2.30. The van der Waals surface area contributed by atoms with Crippen LogP contribution in [0.4, 0.5) is 27.3 Å². The van der Waals surface area contributed by atoms with Crippen LogP contribution in [0.1, 0.15) is 11.3 Å². The Hall–Kier alpha value is -4.15. The van der Waals surface area contributed by atoms with Gasteiger partial charge in [-0.3, -0.25) is 10.4 Å². The highest BCUT2D eigenvalue weighted by Crippen LogP contribution is 2.30. The molecule has 9 nitrogen and oxygen atoms in total. The predicted molar refractivity (Wildman–Crippen MR) is 143 cm³/mol. The molecule has 0 unspecified atom stereocenters. The van der Waals surface area contributed by atoms with Gasteiger partial charge in [-0.2, -0.15) is 15.3 Å². The lowest BCUT2D eigenvalue weighted by molar-refractivity contribution is 0.122. The van der Waals surface area contributed by atoms with Gasteiger partial charge in [0.2, 0.25) is 0 Å². The fourth-order valence-corrected chi connectivity index (χ4v) is 4.19. The number of hydrogen-bond donors (Lipinski definition) is 2. The Morgan fingerprint density at radius 1 is 1.11 bits per heavy atom. The maximum absolute atomic E-state index is 14.5. The van der Waals surface area contributed by atoms with Crippen LogP contribution in [-0.4, -0.2) is 52.7 Å². The summed E-state index contributed by atoms with van der Waals surface area (Å²) >= 11 is 6.47. The second-order valence-electron chi connectivity index (χ2n) is 8.30. The van der Waals surface area contributed by atoms with Crippen molar-refractivity contribution in [2.75, 3.05) is 41.9 Å². The van der Waals surface area contributed by atoms with Crippen molar-refractivity contribution in [2.24, 2.45) is 5.10 Å². The van der Waals surface area contributed by atoms with Crippen LogP contribution in [0, 0.1) is 12.7 Å². The van der Waals surface area contributed by atoms with Crippen molar-refractivity contribution in [3.63, 3.8) is 0 Å². The number of rotatable bonds is 7. The van der Waals surface area contributed by atoms with E-state index in [1.54, 1.807) is 18.6 Å². The molecule has 1 aliphatic rings. The van der Waals surface area contributed by atoms with Crippen molar-refractivity contribution in [3.8, 4) is 11.3 Å². The van der Waals surface area contributed by atoms with Gasteiger partial charge < -0.3 is 15.0 Å². The van der Waals surface area contributed by atoms with Gasteiger partial charge in [0.15, 0.2) is 11.6 Å². The van der Waals surface area contributed by atoms with E-state index < -0.39 is 0 Å². The number of benzene rings is 1. The summed E-state index contributed by atoms with van der Waals surface area (Å²) in [6, 6.07) is 13.0. The first-order chi connectivity index (χ1) is 18.1. The number of anilines is 4. The predicted octanol–water partition coefficient (Wildman–Crippen LogP) is 5.06. The van der Waals surface area contributed by atoms with E-state index in [2.05, 4.69) is 36.0 Å². The fourth-order valence-electron chi connectivity index (χ4n) is 3.96. The largest absolute Gasteiger partial charge is 0.378 e. The van der Waals surface area contributed by atoms with E-state index in [-0.39, 0.29) is 5.82 Å². The number of morpholine rings is 1. The van der Waals surface area contributed by atoms with Gasteiger partial charge in [0.25, 0.3) is 0 Å². The molecule has 5 rings (SSSR count). The van der Waals surface area contributed by atoms with Gasteiger partial charge in [-0.1, -0.05) is 17.7 Å².